The van der Waals surface area contributed by atoms with Crippen LogP contribution in [0.1, 0.15) is 25.6 Å². The van der Waals surface area contributed by atoms with Crippen LogP contribution in [0.15, 0.2) is 48.5 Å². The van der Waals surface area contributed by atoms with Crippen LogP contribution >= 0.6 is 11.6 Å². The molecule has 1 aliphatic heterocycles. The molecule has 4 rings (SSSR count). The van der Waals surface area contributed by atoms with Gasteiger partial charge in [0.1, 0.15) is 24.7 Å². The van der Waals surface area contributed by atoms with Gasteiger partial charge >= 0.3 is 0 Å². The highest BCUT2D eigenvalue weighted by atomic mass is 35.5. The molecule has 0 spiro atoms. The fourth-order valence-corrected chi connectivity index (χ4v) is 4.13. The van der Waals surface area contributed by atoms with Crippen molar-refractivity contribution in [3.05, 3.63) is 59.4 Å². The molecule has 1 aliphatic rings. The van der Waals surface area contributed by atoms with Crippen molar-refractivity contribution in [2.75, 3.05) is 6.54 Å². The molecular formula is C23H25ClN4O3. The maximum absolute atomic E-state index is 13.2. The third kappa shape index (κ3) is 4.66. The molecule has 0 saturated carbocycles. The first-order valence-electron chi connectivity index (χ1n) is 10.3. The number of piperidine rings is 1. The van der Waals surface area contributed by atoms with E-state index in [1.807, 2.05) is 35.8 Å². The summed E-state index contributed by atoms with van der Waals surface area (Å²) < 4.78 is 7.77. The van der Waals surface area contributed by atoms with Gasteiger partial charge in [0.2, 0.25) is 11.8 Å². The number of hydrogen-bond donors (Lipinski definition) is 1. The molecule has 0 aliphatic carbocycles. The zero-order chi connectivity index (χ0) is 22.0. The highest BCUT2D eigenvalue weighted by molar-refractivity contribution is 6.30. The lowest BCUT2D eigenvalue weighted by molar-refractivity contribution is -0.138. The molecule has 1 fully saturated rings. The normalized spacial score (nSPS) is 18.8. The first-order valence-corrected chi connectivity index (χ1v) is 10.7. The molecule has 7 nitrogen and oxygen atoms in total. The number of primary amides is 1. The van der Waals surface area contributed by atoms with Crippen molar-refractivity contribution in [2.45, 2.75) is 39.0 Å². The van der Waals surface area contributed by atoms with Crippen LogP contribution < -0.4 is 10.5 Å². The number of benzene rings is 2. The number of rotatable bonds is 6. The Morgan fingerprint density at radius 2 is 1.90 bits per heavy atom. The van der Waals surface area contributed by atoms with Crippen molar-refractivity contribution < 1.29 is 14.3 Å². The minimum Gasteiger partial charge on any atom is -0.486 e. The van der Waals surface area contributed by atoms with Gasteiger partial charge in [-0.3, -0.25) is 9.59 Å². The molecule has 31 heavy (non-hydrogen) atoms. The van der Waals surface area contributed by atoms with Crippen LogP contribution in [0.5, 0.6) is 5.75 Å². The maximum atomic E-state index is 13.2. The molecule has 8 heteroatoms. The molecule has 1 aromatic heterocycles. The second kappa shape index (κ2) is 8.98. The Hall–Kier alpha value is -3.06. The van der Waals surface area contributed by atoms with Crippen LogP contribution in [0.2, 0.25) is 5.02 Å². The van der Waals surface area contributed by atoms with Crippen LogP contribution in [0.25, 0.3) is 11.0 Å². The third-order valence-electron chi connectivity index (χ3n) is 5.81. The van der Waals surface area contributed by atoms with Gasteiger partial charge in [0.15, 0.2) is 0 Å². The largest absolute Gasteiger partial charge is 0.486 e. The zero-order valence-corrected chi connectivity index (χ0v) is 18.1. The van der Waals surface area contributed by atoms with Gasteiger partial charge in [0, 0.05) is 17.6 Å². The summed E-state index contributed by atoms with van der Waals surface area (Å²) in [6.07, 6.45) is 1.48. The Kier molecular flexibility index (Phi) is 6.13. The van der Waals surface area contributed by atoms with Crippen molar-refractivity contribution >= 4 is 34.4 Å². The van der Waals surface area contributed by atoms with Gasteiger partial charge in [0.05, 0.1) is 17.0 Å². The molecule has 0 radical (unpaired) electrons. The van der Waals surface area contributed by atoms with Gasteiger partial charge in [-0.15, -0.1) is 0 Å². The predicted molar refractivity (Wildman–Crippen MR) is 119 cm³/mol. The SMILES string of the molecule is CC1CCC(C(N)=O)CN1C(=O)Cn1c(COc2ccc(Cl)cc2)nc2ccccc21. The van der Waals surface area contributed by atoms with Gasteiger partial charge in [0.25, 0.3) is 0 Å². The molecule has 3 aromatic rings. The van der Waals surface area contributed by atoms with Crippen LogP contribution in [-0.2, 0) is 22.7 Å². The number of fused-ring (bicyclic) bond motifs is 1. The Morgan fingerprint density at radius 1 is 1.16 bits per heavy atom. The van der Waals surface area contributed by atoms with E-state index in [9.17, 15) is 9.59 Å². The first kappa shape index (κ1) is 21.2. The standard InChI is InChI=1S/C23H25ClN4O3/c1-15-6-7-16(23(25)30)12-27(15)22(29)13-28-20-5-3-2-4-19(20)26-21(28)14-31-18-10-8-17(24)9-11-18/h2-5,8-11,15-16H,6-7,12-14H2,1H3,(H2,25,30). The summed E-state index contributed by atoms with van der Waals surface area (Å²) in [6, 6.07) is 14.8. The van der Waals surface area contributed by atoms with Crippen LogP contribution in [0, 0.1) is 5.92 Å². The monoisotopic (exact) mass is 440 g/mol. The molecule has 162 valence electrons. The minimum atomic E-state index is -0.352. The molecule has 0 bridgehead atoms. The highest BCUT2D eigenvalue weighted by Gasteiger charge is 2.32. The Balaban J connectivity index is 1.57. The van der Waals surface area contributed by atoms with Crippen molar-refractivity contribution in [1.82, 2.24) is 14.5 Å². The summed E-state index contributed by atoms with van der Waals surface area (Å²) in [4.78, 5) is 31.3. The van der Waals surface area contributed by atoms with Gasteiger partial charge in [-0.05, 0) is 56.2 Å². The number of hydrogen-bond acceptors (Lipinski definition) is 4. The lowest BCUT2D eigenvalue weighted by Crippen LogP contribution is -2.49. The number of ether oxygens (including phenoxy) is 1. The summed E-state index contributed by atoms with van der Waals surface area (Å²) in [5.41, 5.74) is 7.16. The fraction of sp³-hybridized carbons (Fsp3) is 0.348. The second-order valence-electron chi connectivity index (χ2n) is 7.92. The summed E-state index contributed by atoms with van der Waals surface area (Å²) in [5.74, 6) is 0.612. The minimum absolute atomic E-state index is 0.0608. The molecule has 2 N–H and O–H groups in total. The number of imidazole rings is 1. The van der Waals surface area contributed by atoms with Crippen LogP contribution in [0.4, 0.5) is 0 Å². The van der Waals surface area contributed by atoms with Gasteiger partial charge < -0.3 is 19.9 Å². The maximum Gasteiger partial charge on any atom is 0.242 e. The zero-order valence-electron chi connectivity index (χ0n) is 17.3. The Bertz CT molecular complexity index is 1100. The van der Waals surface area contributed by atoms with E-state index in [4.69, 9.17) is 22.1 Å². The number of aromatic nitrogens is 2. The van der Waals surface area contributed by atoms with Crippen molar-refractivity contribution in [2.24, 2.45) is 11.7 Å². The number of nitrogens with zero attached hydrogens (tertiary/aromatic N) is 3. The summed E-state index contributed by atoms with van der Waals surface area (Å²) in [7, 11) is 0. The molecule has 2 heterocycles. The molecule has 1 saturated heterocycles. The number of para-hydroxylation sites is 2. The lowest BCUT2D eigenvalue weighted by Gasteiger charge is -2.37. The second-order valence-corrected chi connectivity index (χ2v) is 8.35. The number of halogens is 1. The molecule has 2 atom stereocenters. The topological polar surface area (TPSA) is 90.5 Å². The predicted octanol–water partition coefficient (Wildman–Crippen LogP) is 3.38. The first-order chi connectivity index (χ1) is 14.9. The van der Waals surface area contributed by atoms with E-state index in [0.717, 1.165) is 17.5 Å². The number of carbonyl (C=O) groups is 2. The molecule has 2 aromatic carbocycles. The average Bonchev–Trinajstić information content (AvgIpc) is 3.11. The van der Waals surface area contributed by atoms with Crippen molar-refractivity contribution in [3.63, 3.8) is 0 Å². The van der Waals surface area contributed by atoms with Crippen LogP contribution in [-0.4, -0.2) is 38.9 Å². The van der Waals surface area contributed by atoms with E-state index in [0.29, 0.717) is 29.6 Å². The van der Waals surface area contributed by atoms with E-state index in [1.54, 1.807) is 29.2 Å². The summed E-state index contributed by atoms with van der Waals surface area (Å²) in [5, 5.41) is 0.634. The van der Waals surface area contributed by atoms with E-state index in [1.165, 1.54) is 0 Å². The van der Waals surface area contributed by atoms with Gasteiger partial charge in [-0.2, -0.15) is 0 Å². The third-order valence-corrected chi connectivity index (χ3v) is 6.07. The average molecular weight is 441 g/mol. The molecule has 2 unspecified atom stereocenters. The molecular weight excluding hydrogens is 416 g/mol. The number of nitrogens with two attached hydrogens (primary N) is 1. The van der Waals surface area contributed by atoms with E-state index < -0.39 is 0 Å². The summed E-state index contributed by atoms with van der Waals surface area (Å²) >= 11 is 5.94. The van der Waals surface area contributed by atoms with Crippen molar-refractivity contribution in [1.29, 1.82) is 0 Å². The number of amides is 2. The number of likely N-dealkylation sites (tertiary alicyclic amines) is 1. The quantitative estimate of drug-likeness (QED) is 0.636. The van der Waals surface area contributed by atoms with Crippen molar-refractivity contribution in [3.8, 4) is 5.75 Å². The van der Waals surface area contributed by atoms with Gasteiger partial charge in [-0.1, -0.05) is 23.7 Å². The Labute approximate surface area is 185 Å². The molecule has 2 amide bonds. The summed E-state index contributed by atoms with van der Waals surface area (Å²) in [6.45, 7) is 2.70. The lowest BCUT2D eigenvalue weighted by atomic mass is 9.93. The highest BCUT2D eigenvalue weighted by Crippen LogP contribution is 2.24. The van der Waals surface area contributed by atoms with E-state index in [-0.39, 0.29) is 36.9 Å². The van der Waals surface area contributed by atoms with Crippen LogP contribution in [0.3, 0.4) is 0 Å². The smallest absolute Gasteiger partial charge is 0.242 e. The van der Waals surface area contributed by atoms with E-state index in [2.05, 4.69) is 4.98 Å². The van der Waals surface area contributed by atoms with Gasteiger partial charge in [-0.25, -0.2) is 4.98 Å². The Morgan fingerprint density at radius 3 is 2.65 bits per heavy atom. The van der Waals surface area contributed by atoms with E-state index >= 15 is 0 Å². The number of carbonyl (C=O) groups excluding carboxylic acids is 2. The fourth-order valence-electron chi connectivity index (χ4n) is 4.00.